The first-order chi connectivity index (χ1) is 11.6. The van der Waals surface area contributed by atoms with Gasteiger partial charge in [-0.25, -0.2) is 4.98 Å². The zero-order valence-electron chi connectivity index (χ0n) is 13.5. The Labute approximate surface area is 146 Å². The van der Waals surface area contributed by atoms with E-state index < -0.39 is 0 Å². The Bertz CT molecular complexity index is 836. The number of nitrogens with one attached hydrogen (secondary N) is 2. The van der Waals surface area contributed by atoms with Crippen LogP contribution in [0.15, 0.2) is 48.8 Å². The van der Waals surface area contributed by atoms with Crippen molar-refractivity contribution >= 4 is 29.1 Å². The lowest BCUT2D eigenvalue weighted by atomic mass is 10.2. The minimum Gasteiger partial charge on any atom is -0.366 e. The van der Waals surface area contributed by atoms with Crippen LogP contribution in [0.3, 0.4) is 0 Å². The molecule has 3 aromatic rings. The van der Waals surface area contributed by atoms with Crippen LogP contribution in [0.5, 0.6) is 0 Å². The maximum atomic E-state index is 6.06. The molecule has 0 unspecified atom stereocenters. The fourth-order valence-corrected chi connectivity index (χ4v) is 2.43. The van der Waals surface area contributed by atoms with Gasteiger partial charge in [0.25, 0.3) is 0 Å². The fourth-order valence-electron chi connectivity index (χ4n) is 2.26. The van der Waals surface area contributed by atoms with Crippen molar-refractivity contribution in [3.63, 3.8) is 0 Å². The molecule has 6 heteroatoms. The van der Waals surface area contributed by atoms with E-state index in [0.717, 1.165) is 28.3 Å². The summed E-state index contributed by atoms with van der Waals surface area (Å²) >= 11 is 6.06. The molecule has 24 heavy (non-hydrogen) atoms. The summed E-state index contributed by atoms with van der Waals surface area (Å²) in [5.41, 5.74) is 4.00. The third kappa shape index (κ3) is 4.20. The number of rotatable bonds is 5. The van der Waals surface area contributed by atoms with Crippen molar-refractivity contribution in [2.45, 2.75) is 20.4 Å². The van der Waals surface area contributed by atoms with E-state index in [9.17, 15) is 0 Å². The van der Waals surface area contributed by atoms with Crippen LogP contribution < -0.4 is 10.6 Å². The number of pyridine rings is 1. The van der Waals surface area contributed by atoms with Gasteiger partial charge in [0.15, 0.2) is 0 Å². The van der Waals surface area contributed by atoms with Crippen LogP contribution in [0, 0.1) is 13.8 Å². The SMILES string of the molecule is Cc1cc(NCc2ccncc2)nc(Nc2cc(Cl)ccc2C)n1. The second kappa shape index (κ2) is 7.27. The molecule has 3 rings (SSSR count). The Morgan fingerprint density at radius 3 is 2.58 bits per heavy atom. The van der Waals surface area contributed by atoms with E-state index in [1.165, 1.54) is 0 Å². The summed E-state index contributed by atoms with van der Waals surface area (Å²) < 4.78 is 0. The van der Waals surface area contributed by atoms with Gasteiger partial charge in [-0.05, 0) is 49.2 Å². The van der Waals surface area contributed by atoms with Crippen molar-refractivity contribution in [3.05, 3.63) is 70.6 Å². The zero-order valence-corrected chi connectivity index (χ0v) is 14.3. The second-order valence-electron chi connectivity index (χ2n) is 5.51. The third-order valence-electron chi connectivity index (χ3n) is 3.52. The van der Waals surface area contributed by atoms with Crippen LogP contribution in [0.1, 0.15) is 16.8 Å². The van der Waals surface area contributed by atoms with Gasteiger partial charge in [0.05, 0.1) is 0 Å². The molecule has 0 saturated carbocycles. The molecule has 5 nitrogen and oxygen atoms in total. The van der Waals surface area contributed by atoms with E-state index >= 15 is 0 Å². The largest absolute Gasteiger partial charge is 0.366 e. The first-order valence-corrected chi connectivity index (χ1v) is 7.99. The Morgan fingerprint density at radius 2 is 1.79 bits per heavy atom. The van der Waals surface area contributed by atoms with Gasteiger partial charge in [0.2, 0.25) is 5.95 Å². The predicted molar refractivity (Wildman–Crippen MR) is 97.8 cm³/mol. The van der Waals surface area contributed by atoms with Crippen molar-refractivity contribution < 1.29 is 0 Å². The van der Waals surface area contributed by atoms with E-state index in [0.29, 0.717) is 17.5 Å². The van der Waals surface area contributed by atoms with Gasteiger partial charge in [-0.15, -0.1) is 0 Å². The van der Waals surface area contributed by atoms with Crippen LogP contribution in [0.4, 0.5) is 17.5 Å². The predicted octanol–water partition coefficient (Wildman–Crippen LogP) is 4.50. The molecule has 0 saturated heterocycles. The summed E-state index contributed by atoms with van der Waals surface area (Å²) in [4.78, 5) is 13.0. The van der Waals surface area contributed by atoms with Crippen LogP contribution >= 0.6 is 11.6 Å². The van der Waals surface area contributed by atoms with Crippen LogP contribution in [0.25, 0.3) is 0 Å². The standard InChI is InChI=1S/C18H18ClN5/c1-12-3-4-15(19)10-16(12)23-18-22-13(2)9-17(24-18)21-11-14-5-7-20-8-6-14/h3-10H,11H2,1-2H3,(H2,21,22,23,24). The van der Waals surface area contributed by atoms with Crippen molar-refractivity contribution in [1.82, 2.24) is 15.0 Å². The molecule has 2 aromatic heterocycles. The van der Waals surface area contributed by atoms with Gasteiger partial charge in [-0.3, -0.25) is 4.98 Å². The quantitative estimate of drug-likeness (QED) is 0.716. The molecule has 0 fully saturated rings. The van der Waals surface area contributed by atoms with Crippen LogP contribution in [0.2, 0.25) is 5.02 Å². The Balaban J connectivity index is 1.77. The summed E-state index contributed by atoms with van der Waals surface area (Å²) in [6, 6.07) is 11.5. The highest BCUT2D eigenvalue weighted by Crippen LogP contribution is 2.23. The monoisotopic (exact) mass is 339 g/mol. The fraction of sp³-hybridized carbons (Fsp3) is 0.167. The highest BCUT2D eigenvalue weighted by atomic mass is 35.5. The van der Waals surface area contributed by atoms with E-state index in [2.05, 4.69) is 25.6 Å². The van der Waals surface area contributed by atoms with Crippen LogP contribution in [-0.2, 0) is 6.54 Å². The van der Waals surface area contributed by atoms with Crippen molar-refractivity contribution in [1.29, 1.82) is 0 Å². The van der Waals surface area contributed by atoms with E-state index in [1.54, 1.807) is 12.4 Å². The molecule has 0 aliphatic rings. The molecule has 122 valence electrons. The van der Waals surface area contributed by atoms with E-state index in [-0.39, 0.29) is 0 Å². The lowest BCUT2D eigenvalue weighted by Gasteiger charge is -2.12. The van der Waals surface area contributed by atoms with Crippen molar-refractivity contribution in [2.75, 3.05) is 10.6 Å². The minimum absolute atomic E-state index is 0.539. The van der Waals surface area contributed by atoms with Crippen molar-refractivity contribution in [3.8, 4) is 0 Å². The molecule has 0 radical (unpaired) electrons. The topological polar surface area (TPSA) is 62.7 Å². The average molecular weight is 340 g/mol. The molecular formula is C18H18ClN5. The lowest BCUT2D eigenvalue weighted by Crippen LogP contribution is -2.06. The number of hydrogen-bond acceptors (Lipinski definition) is 5. The molecule has 0 spiro atoms. The summed E-state index contributed by atoms with van der Waals surface area (Å²) in [5.74, 6) is 1.30. The van der Waals surface area contributed by atoms with Crippen LogP contribution in [-0.4, -0.2) is 15.0 Å². The molecule has 1 aromatic carbocycles. The summed E-state index contributed by atoms with van der Waals surface area (Å²) in [5, 5.41) is 7.22. The average Bonchev–Trinajstić information content (AvgIpc) is 2.57. The molecule has 2 heterocycles. The van der Waals surface area contributed by atoms with E-state index in [1.807, 2.05) is 50.2 Å². The molecule has 0 aliphatic heterocycles. The molecule has 0 amide bonds. The normalized spacial score (nSPS) is 10.5. The number of hydrogen-bond donors (Lipinski definition) is 2. The number of halogens is 1. The van der Waals surface area contributed by atoms with Gasteiger partial charge in [0, 0.05) is 41.4 Å². The van der Waals surface area contributed by atoms with E-state index in [4.69, 9.17) is 11.6 Å². The number of anilines is 3. The molecule has 0 aliphatic carbocycles. The summed E-state index contributed by atoms with van der Waals surface area (Å²) in [6.45, 7) is 4.63. The smallest absolute Gasteiger partial charge is 0.229 e. The van der Waals surface area contributed by atoms with Gasteiger partial charge in [-0.1, -0.05) is 17.7 Å². The number of nitrogens with zero attached hydrogens (tertiary/aromatic N) is 3. The Kier molecular flexibility index (Phi) is 4.91. The van der Waals surface area contributed by atoms with Gasteiger partial charge < -0.3 is 10.6 Å². The molecular weight excluding hydrogens is 322 g/mol. The Morgan fingerprint density at radius 1 is 1.00 bits per heavy atom. The summed E-state index contributed by atoms with van der Waals surface area (Å²) in [7, 11) is 0. The first kappa shape index (κ1) is 16.2. The molecule has 0 atom stereocenters. The maximum absolute atomic E-state index is 6.06. The summed E-state index contributed by atoms with van der Waals surface area (Å²) in [6.07, 6.45) is 3.55. The molecule has 0 bridgehead atoms. The third-order valence-corrected chi connectivity index (χ3v) is 3.76. The van der Waals surface area contributed by atoms with Crippen molar-refractivity contribution in [2.24, 2.45) is 0 Å². The number of aryl methyl sites for hydroxylation is 2. The number of aromatic nitrogens is 3. The van der Waals surface area contributed by atoms with Gasteiger partial charge in [0.1, 0.15) is 5.82 Å². The second-order valence-corrected chi connectivity index (χ2v) is 5.95. The highest BCUT2D eigenvalue weighted by molar-refractivity contribution is 6.30. The van der Waals surface area contributed by atoms with Gasteiger partial charge >= 0.3 is 0 Å². The first-order valence-electron chi connectivity index (χ1n) is 7.62. The lowest BCUT2D eigenvalue weighted by molar-refractivity contribution is 1.05. The maximum Gasteiger partial charge on any atom is 0.229 e. The minimum atomic E-state index is 0.539. The molecule has 2 N–H and O–H groups in total. The Hall–Kier alpha value is -2.66. The zero-order chi connectivity index (χ0) is 16.9. The van der Waals surface area contributed by atoms with Gasteiger partial charge in [-0.2, -0.15) is 4.98 Å². The number of benzene rings is 1. The highest BCUT2D eigenvalue weighted by Gasteiger charge is 2.05.